The van der Waals surface area contributed by atoms with E-state index in [1.165, 1.54) is 0 Å². The number of rotatable bonds is 2. The van der Waals surface area contributed by atoms with Gasteiger partial charge < -0.3 is 5.11 Å². The Labute approximate surface area is 71.2 Å². The maximum atomic E-state index is 11.3. The van der Waals surface area contributed by atoms with Crippen LogP contribution in [0.1, 0.15) is 20.3 Å². The predicted molar refractivity (Wildman–Crippen MR) is 42.2 cm³/mol. The normalized spacial score (nSPS) is 26.6. The second-order valence-corrected chi connectivity index (χ2v) is 3.24. The number of carbonyl (C=O) groups is 2. The lowest BCUT2D eigenvalue weighted by molar-refractivity contribution is -0.142. The Balaban J connectivity index is 2.76. The van der Waals surface area contributed by atoms with Crippen molar-refractivity contribution in [1.29, 1.82) is 0 Å². The van der Waals surface area contributed by atoms with Crippen LogP contribution < -0.4 is 0 Å². The predicted octanol–water partition coefficient (Wildman–Crippen LogP) is -0.238. The minimum Gasteiger partial charge on any atom is -0.394 e. The number of hydrogen-bond acceptors (Lipinski definition) is 3. The monoisotopic (exact) mass is 171 g/mol. The van der Waals surface area contributed by atoms with Crippen molar-refractivity contribution >= 4 is 11.8 Å². The van der Waals surface area contributed by atoms with Crippen LogP contribution in [-0.4, -0.2) is 34.5 Å². The van der Waals surface area contributed by atoms with Crippen molar-refractivity contribution in [2.45, 2.75) is 26.3 Å². The lowest BCUT2D eigenvalue weighted by Gasteiger charge is -2.20. The van der Waals surface area contributed by atoms with Crippen molar-refractivity contribution in [2.75, 3.05) is 6.61 Å². The smallest absolute Gasteiger partial charge is 0.232 e. The highest BCUT2D eigenvalue weighted by Gasteiger charge is 2.37. The third-order valence-corrected chi connectivity index (χ3v) is 2.11. The van der Waals surface area contributed by atoms with Gasteiger partial charge in [-0.25, -0.2) is 0 Å². The summed E-state index contributed by atoms with van der Waals surface area (Å²) in [4.78, 5) is 23.7. The average Bonchev–Trinajstić information content (AvgIpc) is 2.26. The molecule has 1 N–H and O–H groups in total. The molecule has 0 aliphatic carbocycles. The highest BCUT2D eigenvalue weighted by Crippen LogP contribution is 2.20. The summed E-state index contributed by atoms with van der Waals surface area (Å²) in [6, 6.07) is -0.380. The van der Waals surface area contributed by atoms with Crippen LogP contribution in [0.15, 0.2) is 0 Å². The summed E-state index contributed by atoms with van der Waals surface area (Å²) >= 11 is 0. The molecule has 0 radical (unpaired) electrons. The van der Waals surface area contributed by atoms with Gasteiger partial charge in [-0.15, -0.1) is 0 Å². The molecule has 0 unspecified atom stereocenters. The van der Waals surface area contributed by atoms with Gasteiger partial charge in [0.15, 0.2) is 0 Å². The van der Waals surface area contributed by atoms with E-state index >= 15 is 0 Å². The van der Waals surface area contributed by atoms with E-state index in [9.17, 15) is 9.59 Å². The third kappa shape index (κ3) is 1.34. The molecule has 2 atom stereocenters. The largest absolute Gasteiger partial charge is 0.394 e. The molecule has 0 aromatic carbocycles. The second kappa shape index (κ2) is 3.23. The molecule has 0 aromatic rings. The van der Waals surface area contributed by atoms with Gasteiger partial charge >= 0.3 is 0 Å². The molecule has 4 nitrogen and oxygen atoms in total. The van der Waals surface area contributed by atoms with E-state index in [0.717, 1.165) is 4.90 Å². The molecule has 4 heteroatoms. The summed E-state index contributed by atoms with van der Waals surface area (Å²) in [6.07, 6.45) is 0.281. The van der Waals surface area contributed by atoms with Gasteiger partial charge in [-0.1, -0.05) is 6.92 Å². The van der Waals surface area contributed by atoms with E-state index < -0.39 is 0 Å². The molecule has 0 spiro atoms. The van der Waals surface area contributed by atoms with E-state index in [4.69, 9.17) is 5.11 Å². The molecule has 1 aliphatic rings. The lowest BCUT2D eigenvalue weighted by Crippen LogP contribution is -2.40. The highest BCUT2D eigenvalue weighted by molar-refractivity contribution is 6.03. The van der Waals surface area contributed by atoms with E-state index in [2.05, 4.69) is 0 Å². The molecule has 1 saturated heterocycles. The van der Waals surface area contributed by atoms with Crippen LogP contribution in [0, 0.1) is 5.92 Å². The first-order valence-electron chi connectivity index (χ1n) is 4.04. The fourth-order valence-corrected chi connectivity index (χ4v) is 1.35. The number of carbonyl (C=O) groups excluding carboxylic acids is 2. The number of imide groups is 1. The first-order chi connectivity index (χ1) is 5.57. The first kappa shape index (κ1) is 9.19. The van der Waals surface area contributed by atoms with E-state index in [1.807, 2.05) is 0 Å². The average molecular weight is 171 g/mol. The van der Waals surface area contributed by atoms with Crippen LogP contribution in [0.5, 0.6) is 0 Å². The number of amides is 2. The molecule has 1 heterocycles. The molecule has 2 amide bonds. The summed E-state index contributed by atoms with van der Waals surface area (Å²) in [5.41, 5.74) is 0. The standard InChI is InChI=1S/C8H13NO3/c1-5-3-7(11)9(8(5)12)6(2)4-10/h5-6,10H,3-4H2,1-2H3/t5-,6-/m0/s1. The quantitative estimate of drug-likeness (QED) is 0.583. The van der Waals surface area contributed by atoms with Crippen molar-refractivity contribution in [3.63, 3.8) is 0 Å². The van der Waals surface area contributed by atoms with Gasteiger partial charge in [-0.3, -0.25) is 14.5 Å². The van der Waals surface area contributed by atoms with Crippen molar-refractivity contribution < 1.29 is 14.7 Å². The minimum atomic E-state index is -0.380. The molecule has 1 aliphatic heterocycles. The third-order valence-electron chi connectivity index (χ3n) is 2.11. The van der Waals surface area contributed by atoms with Crippen molar-refractivity contribution in [2.24, 2.45) is 5.92 Å². The van der Waals surface area contributed by atoms with Crippen LogP contribution in [0.4, 0.5) is 0 Å². The van der Waals surface area contributed by atoms with Crippen molar-refractivity contribution in [3.05, 3.63) is 0 Å². The highest BCUT2D eigenvalue weighted by atomic mass is 16.3. The van der Waals surface area contributed by atoms with E-state index in [-0.39, 0.29) is 36.8 Å². The molecule has 68 valence electrons. The summed E-state index contributed by atoms with van der Waals surface area (Å²) in [7, 11) is 0. The van der Waals surface area contributed by atoms with Gasteiger partial charge in [0.05, 0.1) is 12.6 Å². The molecule has 1 fully saturated rings. The molecule has 0 saturated carbocycles. The molecule has 12 heavy (non-hydrogen) atoms. The van der Waals surface area contributed by atoms with Gasteiger partial charge in [0.1, 0.15) is 0 Å². The Morgan fingerprint density at radius 2 is 2.25 bits per heavy atom. The number of hydrogen-bond donors (Lipinski definition) is 1. The zero-order valence-corrected chi connectivity index (χ0v) is 7.28. The maximum absolute atomic E-state index is 11.3. The van der Waals surface area contributed by atoms with Gasteiger partial charge in [-0.05, 0) is 6.92 Å². The Bertz CT molecular complexity index is 214. The van der Waals surface area contributed by atoms with Gasteiger partial charge in [0.25, 0.3) is 0 Å². The first-order valence-corrected chi connectivity index (χ1v) is 4.04. The van der Waals surface area contributed by atoms with Crippen molar-refractivity contribution in [3.8, 4) is 0 Å². The number of nitrogens with zero attached hydrogens (tertiary/aromatic N) is 1. The summed E-state index contributed by atoms with van der Waals surface area (Å²) < 4.78 is 0. The van der Waals surface area contributed by atoms with Crippen LogP contribution in [0.3, 0.4) is 0 Å². The van der Waals surface area contributed by atoms with Crippen LogP contribution in [0.2, 0.25) is 0 Å². The summed E-state index contributed by atoms with van der Waals surface area (Å²) in [6.45, 7) is 3.22. The molecular weight excluding hydrogens is 158 g/mol. The van der Waals surface area contributed by atoms with E-state index in [1.54, 1.807) is 13.8 Å². The Hall–Kier alpha value is -0.900. The molecular formula is C8H13NO3. The second-order valence-electron chi connectivity index (χ2n) is 3.24. The SMILES string of the molecule is C[C@H]1CC(=O)N([C@@H](C)CO)C1=O. The van der Waals surface area contributed by atoms with Crippen molar-refractivity contribution in [1.82, 2.24) is 4.90 Å². The Kier molecular flexibility index (Phi) is 2.47. The summed E-state index contributed by atoms with van der Waals surface area (Å²) in [5.74, 6) is -0.554. The van der Waals surface area contributed by atoms with Crippen LogP contribution in [-0.2, 0) is 9.59 Å². The topological polar surface area (TPSA) is 57.6 Å². The Morgan fingerprint density at radius 3 is 2.58 bits per heavy atom. The summed E-state index contributed by atoms with van der Waals surface area (Å²) in [5, 5.41) is 8.77. The maximum Gasteiger partial charge on any atom is 0.232 e. The molecule has 0 bridgehead atoms. The Morgan fingerprint density at radius 1 is 1.67 bits per heavy atom. The van der Waals surface area contributed by atoms with Gasteiger partial charge in [-0.2, -0.15) is 0 Å². The molecule has 0 aromatic heterocycles. The van der Waals surface area contributed by atoms with Gasteiger partial charge in [0, 0.05) is 12.3 Å². The number of aliphatic hydroxyl groups is 1. The zero-order chi connectivity index (χ0) is 9.30. The fraction of sp³-hybridized carbons (Fsp3) is 0.750. The number of likely N-dealkylation sites (tertiary alicyclic amines) is 1. The van der Waals surface area contributed by atoms with Gasteiger partial charge in [0.2, 0.25) is 11.8 Å². The van der Waals surface area contributed by atoms with Crippen LogP contribution >= 0.6 is 0 Å². The lowest BCUT2D eigenvalue weighted by atomic mass is 10.1. The van der Waals surface area contributed by atoms with E-state index in [0.29, 0.717) is 0 Å². The number of aliphatic hydroxyl groups excluding tert-OH is 1. The van der Waals surface area contributed by atoms with Crippen LogP contribution in [0.25, 0.3) is 0 Å². The minimum absolute atomic E-state index is 0.163. The fourth-order valence-electron chi connectivity index (χ4n) is 1.35. The zero-order valence-electron chi connectivity index (χ0n) is 7.28. The molecule has 1 rings (SSSR count).